The van der Waals surface area contributed by atoms with Gasteiger partial charge in [0.05, 0.1) is 6.61 Å². The van der Waals surface area contributed by atoms with Gasteiger partial charge in [0.25, 0.3) is 0 Å². The molecule has 1 unspecified atom stereocenters. The zero-order valence-electron chi connectivity index (χ0n) is 7.25. The predicted octanol–water partition coefficient (Wildman–Crippen LogP) is -0.890. The van der Waals surface area contributed by atoms with Crippen LogP contribution in [0.2, 0.25) is 0 Å². The Morgan fingerprint density at radius 2 is 2.33 bits per heavy atom. The van der Waals surface area contributed by atoms with Crippen LogP contribution in [0.4, 0.5) is 0 Å². The summed E-state index contributed by atoms with van der Waals surface area (Å²) in [6.07, 6.45) is 1.44. The summed E-state index contributed by atoms with van der Waals surface area (Å²) < 4.78 is 5.08. The summed E-state index contributed by atoms with van der Waals surface area (Å²) in [6, 6.07) is 0. The maximum atomic E-state index is 9.74. The van der Waals surface area contributed by atoms with E-state index in [1.807, 2.05) is 0 Å². The third kappa shape index (κ3) is 3.06. The monoisotopic (exact) mass is 175 g/mol. The van der Waals surface area contributed by atoms with Crippen LogP contribution in [0.25, 0.3) is 0 Å². The van der Waals surface area contributed by atoms with Crippen molar-refractivity contribution >= 4 is 0 Å². The standard InChI is InChI=1S/C8H17NO3/c10-4-1-3-9-6-8(11)2-5-12-7-8/h9-11H,1-7H2. The van der Waals surface area contributed by atoms with Crippen molar-refractivity contribution in [2.75, 3.05) is 32.9 Å². The van der Waals surface area contributed by atoms with E-state index in [1.54, 1.807) is 0 Å². The van der Waals surface area contributed by atoms with Crippen LogP contribution in [-0.2, 0) is 4.74 Å². The smallest absolute Gasteiger partial charge is 0.102 e. The van der Waals surface area contributed by atoms with Gasteiger partial charge in [-0.1, -0.05) is 0 Å². The quantitative estimate of drug-likeness (QED) is 0.474. The highest BCUT2D eigenvalue weighted by atomic mass is 16.5. The summed E-state index contributed by atoms with van der Waals surface area (Å²) in [6.45, 7) is 2.59. The van der Waals surface area contributed by atoms with Crippen molar-refractivity contribution in [3.8, 4) is 0 Å². The van der Waals surface area contributed by atoms with Gasteiger partial charge in [-0.2, -0.15) is 0 Å². The van der Waals surface area contributed by atoms with Gasteiger partial charge in [0, 0.05) is 26.2 Å². The first-order valence-electron chi connectivity index (χ1n) is 4.38. The highest BCUT2D eigenvalue weighted by Gasteiger charge is 2.31. The first-order chi connectivity index (χ1) is 5.77. The Hall–Kier alpha value is -0.160. The lowest BCUT2D eigenvalue weighted by Gasteiger charge is -2.20. The van der Waals surface area contributed by atoms with E-state index < -0.39 is 5.60 Å². The second-order valence-corrected chi connectivity index (χ2v) is 3.28. The van der Waals surface area contributed by atoms with E-state index in [-0.39, 0.29) is 6.61 Å². The van der Waals surface area contributed by atoms with Gasteiger partial charge < -0.3 is 20.3 Å². The molecule has 12 heavy (non-hydrogen) atoms. The number of aliphatic hydroxyl groups is 2. The summed E-state index contributed by atoms with van der Waals surface area (Å²) in [5.74, 6) is 0. The first-order valence-corrected chi connectivity index (χ1v) is 4.38. The predicted molar refractivity (Wildman–Crippen MR) is 45.0 cm³/mol. The normalized spacial score (nSPS) is 29.5. The minimum atomic E-state index is -0.671. The molecule has 4 heteroatoms. The SMILES string of the molecule is OCCCNCC1(O)CCOC1. The molecular formula is C8H17NO3. The van der Waals surface area contributed by atoms with E-state index in [2.05, 4.69) is 5.32 Å². The molecule has 0 radical (unpaired) electrons. The van der Waals surface area contributed by atoms with Gasteiger partial charge in [0.2, 0.25) is 0 Å². The van der Waals surface area contributed by atoms with Crippen LogP contribution in [-0.4, -0.2) is 48.7 Å². The molecule has 0 aromatic carbocycles. The van der Waals surface area contributed by atoms with Gasteiger partial charge in [-0.3, -0.25) is 0 Å². The number of hydrogen-bond donors (Lipinski definition) is 3. The highest BCUT2D eigenvalue weighted by Crippen LogP contribution is 2.16. The number of aliphatic hydroxyl groups excluding tert-OH is 1. The molecule has 1 saturated heterocycles. The summed E-state index contributed by atoms with van der Waals surface area (Å²) in [7, 11) is 0. The molecule has 72 valence electrons. The van der Waals surface area contributed by atoms with Crippen LogP contribution < -0.4 is 5.32 Å². The highest BCUT2D eigenvalue weighted by molar-refractivity contribution is 4.84. The third-order valence-electron chi connectivity index (χ3n) is 2.05. The molecule has 1 aliphatic rings. The summed E-state index contributed by atoms with van der Waals surface area (Å²) >= 11 is 0. The topological polar surface area (TPSA) is 61.7 Å². The minimum absolute atomic E-state index is 0.196. The Labute approximate surface area is 72.5 Å². The van der Waals surface area contributed by atoms with Gasteiger partial charge in [0.1, 0.15) is 5.60 Å². The lowest BCUT2D eigenvalue weighted by Crippen LogP contribution is -2.41. The van der Waals surface area contributed by atoms with Crippen molar-refractivity contribution in [1.29, 1.82) is 0 Å². The average Bonchev–Trinajstić information content (AvgIpc) is 2.47. The van der Waals surface area contributed by atoms with E-state index in [1.165, 1.54) is 0 Å². The van der Waals surface area contributed by atoms with E-state index in [0.29, 0.717) is 26.2 Å². The number of hydrogen-bond acceptors (Lipinski definition) is 4. The molecule has 0 spiro atoms. The van der Waals surface area contributed by atoms with Crippen LogP contribution in [0.15, 0.2) is 0 Å². The first kappa shape index (κ1) is 9.92. The molecular weight excluding hydrogens is 158 g/mol. The zero-order valence-corrected chi connectivity index (χ0v) is 7.25. The molecule has 0 aromatic heterocycles. The Bertz CT molecular complexity index is 123. The lowest BCUT2D eigenvalue weighted by atomic mass is 10.0. The lowest BCUT2D eigenvalue weighted by molar-refractivity contribution is 0.0270. The van der Waals surface area contributed by atoms with E-state index in [9.17, 15) is 5.11 Å². The van der Waals surface area contributed by atoms with Crippen molar-refractivity contribution in [2.24, 2.45) is 0 Å². The van der Waals surface area contributed by atoms with E-state index >= 15 is 0 Å². The van der Waals surface area contributed by atoms with Crippen molar-refractivity contribution in [3.63, 3.8) is 0 Å². The molecule has 4 nitrogen and oxygen atoms in total. The minimum Gasteiger partial charge on any atom is -0.396 e. The van der Waals surface area contributed by atoms with Gasteiger partial charge in [0.15, 0.2) is 0 Å². The van der Waals surface area contributed by atoms with E-state index in [4.69, 9.17) is 9.84 Å². The summed E-state index contributed by atoms with van der Waals surface area (Å²) in [5, 5.41) is 21.3. The van der Waals surface area contributed by atoms with Crippen LogP contribution >= 0.6 is 0 Å². The fraction of sp³-hybridized carbons (Fsp3) is 1.00. The number of rotatable bonds is 5. The zero-order chi connectivity index (χ0) is 8.86. The third-order valence-corrected chi connectivity index (χ3v) is 2.05. The molecule has 0 saturated carbocycles. The Morgan fingerprint density at radius 1 is 1.50 bits per heavy atom. The average molecular weight is 175 g/mol. The van der Waals surface area contributed by atoms with Crippen LogP contribution in [0.5, 0.6) is 0 Å². The molecule has 0 aromatic rings. The van der Waals surface area contributed by atoms with E-state index in [0.717, 1.165) is 13.0 Å². The fourth-order valence-electron chi connectivity index (χ4n) is 1.26. The van der Waals surface area contributed by atoms with Crippen molar-refractivity contribution < 1.29 is 14.9 Å². The molecule has 1 atom stereocenters. The van der Waals surface area contributed by atoms with Gasteiger partial charge in [-0.25, -0.2) is 0 Å². The molecule has 3 N–H and O–H groups in total. The largest absolute Gasteiger partial charge is 0.396 e. The van der Waals surface area contributed by atoms with Crippen LogP contribution in [0, 0.1) is 0 Å². The van der Waals surface area contributed by atoms with Crippen LogP contribution in [0.3, 0.4) is 0 Å². The molecule has 0 amide bonds. The van der Waals surface area contributed by atoms with Crippen LogP contribution in [0.1, 0.15) is 12.8 Å². The van der Waals surface area contributed by atoms with Crippen molar-refractivity contribution in [1.82, 2.24) is 5.32 Å². The Balaban J connectivity index is 2.05. The summed E-state index contributed by atoms with van der Waals surface area (Å²) in [4.78, 5) is 0. The molecule has 0 aliphatic carbocycles. The fourth-order valence-corrected chi connectivity index (χ4v) is 1.26. The number of ether oxygens (including phenoxy) is 1. The number of nitrogens with one attached hydrogen (secondary N) is 1. The van der Waals surface area contributed by atoms with Crippen molar-refractivity contribution in [2.45, 2.75) is 18.4 Å². The molecule has 1 aliphatic heterocycles. The molecule has 1 heterocycles. The Morgan fingerprint density at radius 3 is 2.92 bits per heavy atom. The molecule has 1 fully saturated rings. The van der Waals surface area contributed by atoms with Gasteiger partial charge in [-0.05, 0) is 13.0 Å². The second-order valence-electron chi connectivity index (χ2n) is 3.28. The van der Waals surface area contributed by atoms with Gasteiger partial charge >= 0.3 is 0 Å². The molecule has 0 bridgehead atoms. The maximum absolute atomic E-state index is 9.74. The molecule has 1 rings (SSSR count). The maximum Gasteiger partial charge on any atom is 0.102 e. The second kappa shape index (κ2) is 4.77. The Kier molecular flexibility index (Phi) is 3.94. The van der Waals surface area contributed by atoms with Gasteiger partial charge in [-0.15, -0.1) is 0 Å². The van der Waals surface area contributed by atoms with Crippen molar-refractivity contribution in [3.05, 3.63) is 0 Å². The summed E-state index contributed by atoms with van der Waals surface area (Å²) in [5.41, 5.74) is -0.671.